The Morgan fingerprint density at radius 3 is 2.71 bits per heavy atom. The van der Waals surface area contributed by atoms with Gasteiger partial charge in [-0.15, -0.1) is 4.74 Å². The molecule has 8 nitrogen and oxygen atoms in total. The van der Waals surface area contributed by atoms with Crippen molar-refractivity contribution in [1.82, 2.24) is 14.7 Å². The van der Waals surface area contributed by atoms with Crippen LogP contribution in [0.25, 0.3) is 17.0 Å². The van der Waals surface area contributed by atoms with E-state index < -0.39 is 11.4 Å². The molecule has 0 fully saturated rings. The van der Waals surface area contributed by atoms with Crippen molar-refractivity contribution in [1.29, 1.82) is 0 Å². The van der Waals surface area contributed by atoms with Gasteiger partial charge in [-0.3, -0.25) is 0 Å². The molecule has 0 spiro atoms. The Morgan fingerprint density at radius 2 is 1.97 bits per heavy atom. The highest BCUT2D eigenvalue weighted by atomic mass is 16.5. The van der Waals surface area contributed by atoms with Crippen LogP contribution in [0.2, 0.25) is 0 Å². The second kappa shape index (κ2) is 8.74. The Kier molecular flexibility index (Phi) is 5.70. The van der Waals surface area contributed by atoms with Gasteiger partial charge in [0.1, 0.15) is 23.8 Å². The van der Waals surface area contributed by atoms with Crippen LogP contribution in [0.4, 0.5) is 0 Å². The molecule has 0 bridgehead atoms. The maximum atomic E-state index is 11.5. The summed E-state index contributed by atoms with van der Waals surface area (Å²) in [7, 11) is 0. The van der Waals surface area contributed by atoms with E-state index in [0.717, 1.165) is 27.1 Å². The molecule has 0 aliphatic rings. The molecule has 2 aromatic heterocycles. The first-order valence-corrected chi connectivity index (χ1v) is 9.72. The van der Waals surface area contributed by atoms with E-state index in [1.807, 2.05) is 68.4 Å². The highest BCUT2D eigenvalue weighted by Crippen LogP contribution is 2.24. The van der Waals surface area contributed by atoms with E-state index in [-0.39, 0.29) is 13.2 Å². The summed E-state index contributed by atoms with van der Waals surface area (Å²) in [6.45, 7) is 4.19. The van der Waals surface area contributed by atoms with Gasteiger partial charge in [0.15, 0.2) is 0 Å². The van der Waals surface area contributed by atoms with Gasteiger partial charge in [-0.1, -0.05) is 36.4 Å². The largest absolute Gasteiger partial charge is 0.487 e. The Hall–Kier alpha value is -4.07. The number of benzene rings is 2. The number of aromatic nitrogens is 3. The average Bonchev–Trinajstić information content (AvgIpc) is 3.32. The van der Waals surface area contributed by atoms with Gasteiger partial charge in [0.05, 0.1) is 6.54 Å². The number of H-pyrrole nitrogens is 1. The van der Waals surface area contributed by atoms with Gasteiger partial charge in [0, 0.05) is 5.56 Å². The smallest absolute Gasteiger partial charge is 0.440 e. The van der Waals surface area contributed by atoms with Gasteiger partial charge in [-0.05, 0) is 49.2 Å². The van der Waals surface area contributed by atoms with Crippen molar-refractivity contribution in [3.05, 3.63) is 98.7 Å². The minimum absolute atomic E-state index is 0.148. The van der Waals surface area contributed by atoms with Crippen LogP contribution >= 0.6 is 0 Å². The van der Waals surface area contributed by atoms with Gasteiger partial charge in [0.25, 0.3) is 0 Å². The summed E-state index contributed by atoms with van der Waals surface area (Å²) < 4.78 is 17.4. The van der Waals surface area contributed by atoms with Crippen LogP contribution in [0.5, 0.6) is 5.75 Å². The number of hydrogen-bond acceptors (Lipinski definition) is 6. The number of nitrogens with one attached hydrogen (secondary N) is 1. The van der Waals surface area contributed by atoms with E-state index in [0.29, 0.717) is 17.4 Å². The number of ether oxygens (including phenoxy) is 1. The summed E-state index contributed by atoms with van der Waals surface area (Å²) in [5, 5.41) is 0. The third-order valence-corrected chi connectivity index (χ3v) is 4.77. The zero-order valence-electron chi connectivity index (χ0n) is 17.1. The molecule has 0 unspecified atom stereocenters. The fourth-order valence-electron chi connectivity index (χ4n) is 3.02. The molecule has 31 heavy (non-hydrogen) atoms. The van der Waals surface area contributed by atoms with E-state index in [1.165, 1.54) is 0 Å². The second-order valence-electron chi connectivity index (χ2n) is 6.96. The third kappa shape index (κ3) is 4.75. The molecule has 4 aromatic rings. The molecule has 2 aromatic carbocycles. The first-order chi connectivity index (χ1) is 15.0. The maximum absolute atomic E-state index is 11.5. The number of oxazole rings is 1. The van der Waals surface area contributed by atoms with Gasteiger partial charge in [-0.2, -0.15) is 0 Å². The number of hydrogen-bond donors (Lipinski definition) is 1. The lowest BCUT2D eigenvalue weighted by Gasteiger charge is -2.08. The van der Waals surface area contributed by atoms with E-state index in [2.05, 4.69) is 9.97 Å². The van der Waals surface area contributed by atoms with Crippen LogP contribution < -0.4 is 16.2 Å². The van der Waals surface area contributed by atoms with Crippen LogP contribution in [0.1, 0.15) is 23.9 Å². The molecule has 0 amide bonds. The molecule has 0 aliphatic heterocycles. The number of aryl methyl sites for hydroxylation is 1. The van der Waals surface area contributed by atoms with E-state index in [1.54, 1.807) is 6.08 Å². The van der Waals surface area contributed by atoms with Crippen molar-refractivity contribution in [2.24, 2.45) is 0 Å². The molecule has 0 saturated heterocycles. The molecule has 0 radical (unpaired) electrons. The van der Waals surface area contributed by atoms with Crippen LogP contribution in [0, 0.1) is 6.92 Å². The minimum Gasteiger partial charge on any atom is -0.487 e. The van der Waals surface area contributed by atoms with Crippen molar-refractivity contribution in [2.75, 3.05) is 0 Å². The molecule has 0 aliphatic carbocycles. The van der Waals surface area contributed by atoms with Crippen LogP contribution in [-0.4, -0.2) is 14.7 Å². The summed E-state index contributed by atoms with van der Waals surface area (Å²) in [5.74, 6) is 1.18. The van der Waals surface area contributed by atoms with Crippen molar-refractivity contribution >= 4 is 5.57 Å². The quantitative estimate of drug-likeness (QED) is 0.489. The summed E-state index contributed by atoms with van der Waals surface area (Å²) >= 11 is 0. The third-order valence-electron chi connectivity index (χ3n) is 4.77. The zero-order valence-corrected chi connectivity index (χ0v) is 17.1. The fourth-order valence-corrected chi connectivity index (χ4v) is 3.02. The maximum Gasteiger partial charge on any atom is 0.440 e. The lowest BCUT2D eigenvalue weighted by Crippen LogP contribution is -2.15. The number of rotatable bonds is 7. The van der Waals surface area contributed by atoms with E-state index in [4.69, 9.17) is 13.7 Å². The zero-order chi connectivity index (χ0) is 21.8. The standard InChI is InChI=1S/C23H21N3O5/c1-15(11-12-26-22(27)25-23(28)31-26)18-9-6-10-19(13-18)29-14-20-16(2)30-21(24-20)17-7-4-3-5-8-17/h3-11,13H,12,14H2,1-2H3,(H,25,27,28)/b15-11-. The van der Waals surface area contributed by atoms with Crippen LogP contribution in [0.3, 0.4) is 0 Å². The Labute approximate surface area is 177 Å². The van der Waals surface area contributed by atoms with Gasteiger partial charge in [0.2, 0.25) is 5.89 Å². The second-order valence-corrected chi connectivity index (χ2v) is 6.96. The predicted molar refractivity (Wildman–Crippen MR) is 115 cm³/mol. The molecule has 0 saturated carbocycles. The predicted octanol–water partition coefficient (Wildman–Crippen LogP) is 3.78. The molecule has 2 heterocycles. The van der Waals surface area contributed by atoms with E-state index >= 15 is 0 Å². The van der Waals surface area contributed by atoms with Crippen molar-refractivity contribution < 1.29 is 13.7 Å². The Morgan fingerprint density at radius 1 is 1.16 bits per heavy atom. The number of nitrogens with zero attached hydrogens (tertiary/aromatic N) is 2. The first-order valence-electron chi connectivity index (χ1n) is 9.72. The van der Waals surface area contributed by atoms with Gasteiger partial charge < -0.3 is 13.7 Å². The summed E-state index contributed by atoms with van der Waals surface area (Å²) in [6.07, 6.45) is 1.80. The molecule has 8 heteroatoms. The Bertz CT molecular complexity index is 1330. The molecule has 1 N–H and O–H groups in total. The van der Waals surface area contributed by atoms with Crippen molar-refractivity contribution in [3.8, 4) is 17.2 Å². The summed E-state index contributed by atoms with van der Waals surface area (Å²) in [6, 6.07) is 17.3. The van der Waals surface area contributed by atoms with Crippen LogP contribution in [-0.2, 0) is 13.2 Å². The molecule has 4 rings (SSSR count). The van der Waals surface area contributed by atoms with Crippen molar-refractivity contribution in [2.45, 2.75) is 27.0 Å². The SMILES string of the molecule is C/C(=C/Cn1oc(=O)[nH]c1=O)c1cccc(OCc2nc(-c3ccccc3)oc2C)c1. The molecular weight excluding hydrogens is 398 g/mol. The number of allylic oxidation sites excluding steroid dienone is 2. The monoisotopic (exact) mass is 419 g/mol. The highest BCUT2D eigenvalue weighted by molar-refractivity contribution is 5.64. The topological polar surface area (TPSA) is 103 Å². The first kappa shape index (κ1) is 20.2. The minimum atomic E-state index is -0.773. The summed E-state index contributed by atoms with van der Waals surface area (Å²) in [4.78, 5) is 29.2. The van der Waals surface area contributed by atoms with Crippen LogP contribution in [0.15, 0.2) is 79.2 Å². The Balaban J connectivity index is 1.45. The normalized spacial score (nSPS) is 11.6. The number of aromatic amines is 1. The van der Waals surface area contributed by atoms with Crippen molar-refractivity contribution in [3.63, 3.8) is 0 Å². The lowest BCUT2D eigenvalue weighted by atomic mass is 10.1. The fraction of sp³-hybridized carbons (Fsp3) is 0.174. The van der Waals surface area contributed by atoms with Gasteiger partial charge in [-0.25, -0.2) is 19.6 Å². The average molecular weight is 419 g/mol. The lowest BCUT2D eigenvalue weighted by molar-refractivity contribution is 0.261. The molecule has 0 atom stereocenters. The van der Waals surface area contributed by atoms with Gasteiger partial charge >= 0.3 is 11.4 Å². The van der Waals surface area contributed by atoms with E-state index in [9.17, 15) is 9.59 Å². The molecular formula is C23H21N3O5. The summed E-state index contributed by atoms with van der Waals surface area (Å²) in [5.41, 5.74) is 2.90. The molecule has 158 valence electrons. The highest BCUT2D eigenvalue weighted by Gasteiger charge is 2.12.